The van der Waals surface area contributed by atoms with Gasteiger partial charge in [-0.15, -0.1) is 0 Å². The van der Waals surface area contributed by atoms with Crippen LogP contribution in [0, 0.1) is 0 Å². The van der Waals surface area contributed by atoms with Gasteiger partial charge in [-0.1, -0.05) is 140 Å². The summed E-state index contributed by atoms with van der Waals surface area (Å²) in [4.78, 5) is 4.89. The second-order valence-electron chi connectivity index (χ2n) is 21.5. The van der Waals surface area contributed by atoms with Gasteiger partial charge in [0.1, 0.15) is 28.2 Å². The lowest BCUT2D eigenvalue weighted by Gasteiger charge is -2.16. The molecule has 0 saturated heterocycles. The molecule has 7 nitrogen and oxygen atoms in total. The minimum Gasteiger partial charge on any atom is -0.456 e. The maximum absolute atomic E-state index is 6.58. The molecule has 6 aromatic heterocycles. The van der Waals surface area contributed by atoms with E-state index in [1.165, 1.54) is 43.6 Å². The van der Waals surface area contributed by atoms with E-state index in [2.05, 4.69) is 279 Å². The van der Waals surface area contributed by atoms with E-state index in [0.29, 0.717) is 0 Å². The highest BCUT2D eigenvalue weighted by molar-refractivity contribution is 6.15. The van der Waals surface area contributed by atoms with Gasteiger partial charge in [-0.3, -0.25) is 4.57 Å². The molecule has 0 N–H and O–H groups in total. The van der Waals surface area contributed by atoms with E-state index in [4.69, 9.17) is 13.8 Å². The van der Waals surface area contributed by atoms with E-state index >= 15 is 0 Å². The number of hydrogen-bond donors (Lipinski definition) is 0. The van der Waals surface area contributed by atoms with Crippen molar-refractivity contribution in [3.63, 3.8) is 0 Å². The van der Waals surface area contributed by atoms with Crippen LogP contribution in [0.4, 0.5) is 0 Å². The fourth-order valence-corrected chi connectivity index (χ4v) is 13.4. The van der Waals surface area contributed by atoms with Crippen molar-refractivity contribution in [2.75, 3.05) is 0 Å². The van der Waals surface area contributed by atoms with Crippen LogP contribution >= 0.6 is 0 Å². The zero-order valence-electron chi connectivity index (χ0n) is 44.0. The summed E-state index contributed by atoms with van der Waals surface area (Å²) in [6, 6.07) is 94.1. The summed E-state index contributed by atoms with van der Waals surface area (Å²) < 4.78 is 22.5. The SMILES string of the molecule is c1ccc(-c2nccn2-c2ccccc2-n2c3ccc(-c4ccc5oc6ccc(-n7c8ccccc8c8ccccc87)cc6c5c4)cc3c3cc(-c4ccc5oc6ccc(-n7c8ccccc8c8ccccc87)cc6c5c4)ccc32)cc1. The van der Waals surface area contributed by atoms with E-state index in [9.17, 15) is 0 Å². The smallest absolute Gasteiger partial charge is 0.144 e. The third-order valence-electron chi connectivity index (χ3n) is 17.1. The molecule has 0 unspecified atom stereocenters. The predicted molar refractivity (Wildman–Crippen MR) is 337 cm³/mol. The standard InChI is InChI=1S/C75H45N5O2/c1-2-14-46(15-3-1)75-76-38-39-77(75)69-24-12-13-25-70(69)80-67-32-26-47(49-28-34-71-59(42-49)61-44-51(30-36-73(61)81-71)78-63-20-8-4-16-53(63)54-17-5-9-21-64(54)78)40-57(67)58-41-48(27-33-68(58)80)50-29-35-72-60(43-50)62-45-52(31-37-74(62)82-72)79-65-22-10-6-18-55(65)56-19-7-11-23-66(56)79/h1-45H. The Balaban J connectivity index is 0.814. The highest BCUT2D eigenvalue weighted by atomic mass is 16.3. The van der Waals surface area contributed by atoms with Crippen molar-refractivity contribution in [2.24, 2.45) is 0 Å². The fourth-order valence-electron chi connectivity index (χ4n) is 13.4. The monoisotopic (exact) mass is 1050 g/mol. The fraction of sp³-hybridized carbons (Fsp3) is 0. The molecule has 0 bridgehead atoms. The number of imidazole rings is 1. The van der Waals surface area contributed by atoms with Crippen LogP contribution in [0.1, 0.15) is 0 Å². The first-order valence-corrected chi connectivity index (χ1v) is 27.8. The molecule has 0 spiro atoms. The number of benzene rings is 12. The first-order valence-electron chi connectivity index (χ1n) is 27.8. The van der Waals surface area contributed by atoms with E-state index < -0.39 is 0 Å². The molecule has 0 atom stereocenters. The Morgan fingerprint density at radius 3 is 1.10 bits per heavy atom. The van der Waals surface area contributed by atoms with Crippen LogP contribution in [0.25, 0.3) is 166 Å². The van der Waals surface area contributed by atoms with Gasteiger partial charge in [0.2, 0.25) is 0 Å². The lowest BCUT2D eigenvalue weighted by molar-refractivity contribution is 0.668. The van der Waals surface area contributed by atoms with Crippen LogP contribution in [0.15, 0.2) is 282 Å². The Bertz CT molecular complexity index is 5270. The van der Waals surface area contributed by atoms with Crippen molar-refractivity contribution in [3.8, 4) is 56.4 Å². The largest absolute Gasteiger partial charge is 0.456 e. The predicted octanol–water partition coefficient (Wildman–Crippen LogP) is 20.0. The maximum Gasteiger partial charge on any atom is 0.144 e. The molecule has 12 aromatic carbocycles. The number of nitrogens with zero attached hydrogens (tertiary/aromatic N) is 5. The van der Waals surface area contributed by atoms with Gasteiger partial charge in [0.05, 0.1) is 44.5 Å². The lowest BCUT2D eigenvalue weighted by atomic mass is 9.98. The van der Waals surface area contributed by atoms with Gasteiger partial charge in [-0.05, 0) is 144 Å². The van der Waals surface area contributed by atoms with E-state index in [1.54, 1.807) is 0 Å². The molecule has 0 radical (unpaired) electrons. The third kappa shape index (κ3) is 6.56. The minimum absolute atomic E-state index is 0.858. The summed E-state index contributed by atoms with van der Waals surface area (Å²) in [6.45, 7) is 0. The second-order valence-corrected chi connectivity index (χ2v) is 21.5. The van der Waals surface area contributed by atoms with Crippen molar-refractivity contribution < 1.29 is 8.83 Å². The summed E-state index contributed by atoms with van der Waals surface area (Å²) in [5, 5.41) is 11.6. The van der Waals surface area contributed by atoms with Crippen LogP contribution in [0.5, 0.6) is 0 Å². The minimum atomic E-state index is 0.858. The number of para-hydroxylation sites is 6. The quantitative estimate of drug-likeness (QED) is 0.160. The van der Waals surface area contributed by atoms with Crippen LogP contribution < -0.4 is 0 Å². The molecule has 0 fully saturated rings. The molecule has 0 aliphatic rings. The summed E-state index contributed by atoms with van der Waals surface area (Å²) in [6.07, 6.45) is 3.95. The van der Waals surface area contributed by atoms with Gasteiger partial charge < -0.3 is 22.5 Å². The zero-order valence-corrected chi connectivity index (χ0v) is 44.0. The highest BCUT2D eigenvalue weighted by Gasteiger charge is 2.22. The number of hydrogen-bond acceptors (Lipinski definition) is 3. The van der Waals surface area contributed by atoms with Crippen molar-refractivity contribution in [1.82, 2.24) is 23.3 Å². The molecule has 18 rings (SSSR count). The van der Waals surface area contributed by atoms with E-state index in [1.807, 2.05) is 12.3 Å². The Morgan fingerprint density at radius 2 is 0.622 bits per heavy atom. The molecular formula is C75H45N5O2. The molecule has 0 amide bonds. The molecule has 0 aliphatic carbocycles. The first-order chi connectivity index (χ1) is 40.6. The van der Waals surface area contributed by atoms with Gasteiger partial charge in [-0.2, -0.15) is 0 Å². The van der Waals surface area contributed by atoms with Crippen molar-refractivity contribution in [2.45, 2.75) is 0 Å². The van der Waals surface area contributed by atoms with Gasteiger partial charge in [0.15, 0.2) is 0 Å². The van der Waals surface area contributed by atoms with Crippen molar-refractivity contribution >= 4 is 109 Å². The van der Waals surface area contributed by atoms with Crippen LogP contribution in [-0.2, 0) is 0 Å². The van der Waals surface area contributed by atoms with Crippen molar-refractivity contribution in [1.29, 1.82) is 0 Å². The molecular weight excluding hydrogens is 1000 g/mol. The third-order valence-corrected chi connectivity index (χ3v) is 17.1. The average Bonchev–Trinajstić information content (AvgIpc) is 3.34. The van der Waals surface area contributed by atoms with Gasteiger partial charge in [-0.25, -0.2) is 4.98 Å². The Morgan fingerprint density at radius 1 is 0.256 bits per heavy atom. The molecule has 0 aliphatic heterocycles. The molecule has 382 valence electrons. The first kappa shape index (κ1) is 44.8. The zero-order chi connectivity index (χ0) is 53.6. The Labute approximate surface area is 468 Å². The highest BCUT2D eigenvalue weighted by Crippen LogP contribution is 2.43. The summed E-state index contributed by atoms with van der Waals surface area (Å²) in [7, 11) is 0. The number of aromatic nitrogens is 5. The average molecular weight is 1050 g/mol. The van der Waals surface area contributed by atoms with E-state index in [-0.39, 0.29) is 0 Å². The normalized spacial score (nSPS) is 12.1. The van der Waals surface area contributed by atoms with Crippen molar-refractivity contribution in [3.05, 3.63) is 273 Å². The molecule has 18 aromatic rings. The molecule has 0 saturated carbocycles. The molecule has 82 heavy (non-hydrogen) atoms. The molecule has 7 heteroatoms. The summed E-state index contributed by atoms with van der Waals surface area (Å²) >= 11 is 0. The lowest BCUT2D eigenvalue weighted by Crippen LogP contribution is -2.04. The topological polar surface area (TPSA) is 58.9 Å². The molecule has 6 heterocycles. The van der Waals surface area contributed by atoms with Crippen LogP contribution in [-0.4, -0.2) is 23.3 Å². The number of fused-ring (bicyclic) bond motifs is 15. The van der Waals surface area contributed by atoms with Crippen LogP contribution in [0.3, 0.4) is 0 Å². The van der Waals surface area contributed by atoms with Gasteiger partial charge in [0.25, 0.3) is 0 Å². The maximum atomic E-state index is 6.58. The Kier molecular flexibility index (Phi) is 9.38. The number of furan rings is 2. The van der Waals surface area contributed by atoms with Gasteiger partial charge >= 0.3 is 0 Å². The van der Waals surface area contributed by atoms with Crippen LogP contribution in [0.2, 0.25) is 0 Å². The summed E-state index contributed by atoms with van der Waals surface area (Å²) in [5.74, 6) is 0.882. The van der Waals surface area contributed by atoms with Gasteiger partial charge in [0, 0.05) is 83.2 Å². The summed E-state index contributed by atoms with van der Waals surface area (Å²) in [5.41, 5.74) is 20.1. The van der Waals surface area contributed by atoms with E-state index in [0.717, 1.165) is 122 Å². The Hall–Kier alpha value is -11.2. The second kappa shape index (κ2) is 17.2. The number of rotatable bonds is 7.